The van der Waals surface area contributed by atoms with Crippen LogP contribution in [0.15, 0.2) is 33.5 Å². The lowest BCUT2D eigenvalue weighted by atomic mass is 10.2. The van der Waals surface area contributed by atoms with Gasteiger partial charge in [-0.15, -0.1) is 0 Å². The van der Waals surface area contributed by atoms with Crippen molar-refractivity contribution in [2.24, 2.45) is 0 Å². The van der Waals surface area contributed by atoms with Crippen LogP contribution >= 0.6 is 31.9 Å². The van der Waals surface area contributed by atoms with E-state index in [9.17, 15) is 5.11 Å². The highest BCUT2D eigenvalue weighted by atomic mass is 79.9. The van der Waals surface area contributed by atoms with Gasteiger partial charge in [0.1, 0.15) is 4.60 Å². The van der Waals surface area contributed by atoms with Crippen molar-refractivity contribution in [3.63, 3.8) is 0 Å². The Labute approximate surface area is 134 Å². The van der Waals surface area contributed by atoms with Crippen LogP contribution in [-0.4, -0.2) is 17.2 Å². The number of pyridine rings is 1. The number of phenols is 1. The number of benzene rings is 1. The maximum Gasteiger partial charge on any atom is 0.172 e. The third kappa shape index (κ3) is 3.43. The molecule has 0 bridgehead atoms. The molecule has 6 heteroatoms. The van der Waals surface area contributed by atoms with Gasteiger partial charge < -0.3 is 15.2 Å². The Bertz CT molecular complexity index is 633. The highest BCUT2D eigenvalue weighted by Crippen LogP contribution is 2.35. The van der Waals surface area contributed by atoms with Crippen LogP contribution < -0.4 is 10.1 Å². The number of phenolic OH excluding ortho intramolecular Hbond substituents is 1. The third-order valence-electron chi connectivity index (χ3n) is 2.82. The molecule has 0 fully saturated rings. The fourth-order valence-electron chi connectivity index (χ4n) is 1.74. The molecule has 0 aliphatic rings. The molecule has 0 atom stereocenters. The standard InChI is InChI=1S/C14H14Br2N2O2/c1-8-3-10(7-18-14(8)16)17-6-9-4-11(15)13(19)12(5-9)20-2/h3-5,7,17,19H,6H2,1-2H3. The van der Waals surface area contributed by atoms with E-state index in [0.717, 1.165) is 21.4 Å². The van der Waals surface area contributed by atoms with E-state index in [4.69, 9.17) is 4.74 Å². The summed E-state index contributed by atoms with van der Waals surface area (Å²) in [5, 5.41) is 13.1. The second-order valence-electron chi connectivity index (χ2n) is 4.31. The fraction of sp³-hybridized carbons (Fsp3) is 0.214. The van der Waals surface area contributed by atoms with Gasteiger partial charge in [0.05, 0.1) is 23.5 Å². The molecule has 0 unspecified atom stereocenters. The molecule has 106 valence electrons. The first-order chi connectivity index (χ1) is 9.51. The van der Waals surface area contributed by atoms with Crippen molar-refractivity contribution in [1.29, 1.82) is 0 Å². The van der Waals surface area contributed by atoms with Crippen molar-refractivity contribution in [2.45, 2.75) is 13.5 Å². The minimum atomic E-state index is 0.109. The normalized spacial score (nSPS) is 10.4. The summed E-state index contributed by atoms with van der Waals surface area (Å²) in [6.07, 6.45) is 1.77. The van der Waals surface area contributed by atoms with Gasteiger partial charge in [-0.3, -0.25) is 0 Å². The molecular weight excluding hydrogens is 388 g/mol. The Balaban J connectivity index is 2.14. The third-order valence-corrected chi connectivity index (χ3v) is 4.25. The van der Waals surface area contributed by atoms with E-state index < -0.39 is 0 Å². The van der Waals surface area contributed by atoms with E-state index in [1.54, 1.807) is 12.3 Å². The first-order valence-corrected chi connectivity index (χ1v) is 7.51. The van der Waals surface area contributed by atoms with E-state index in [2.05, 4.69) is 42.2 Å². The van der Waals surface area contributed by atoms with E-state index in [0.29, 0.717) is 16.8 Å². The number of ether oxygens (including phenoxy) is 1. The molecule has 20 heavy (non-hydrogen) atoms. The van der Waals surface area contributed by atoms with Gasteiger partial charge in [-0.1, -0.05) is 0 Å². The van der Waals surface area contributed by atoms with E-state index in [1.807, 2.05) is 19.1 Å². The Morgan fingerprint density at radius 1 is 1.30 bits per heavy atom. The molecule has 1 aromatic heterocycles. The van der Waals surface area contributed by atoms with Crippen LogP contribution in [0.25, 0.3) is 0 Å². The van der Waals surface area contributed by atoms with Gasteiger partial charge in [-0.2, -0.15) is 0 Å². The first-order valence-electron chi connectivity index (χ1n) is 5.92. The number of aryl methyl sites for hydroxylation is 1. The zero-order chi connectivity index (χ0) is 14.7. The summed E-state index contributed by atoms with van der Waals surface area (Å²) in [5.74, 6) is 0.554. The van der Waals surface area contributed by atoms with Gasteiger partial charge in [-0.25, -0.2) is 4.98 Å². The van der Waals surface area contributed by atoms with E-state index in [1.165, 1.54) is 7.11 Å². The average molecular weight is 402 g/mol. The monoisotopic (exact) mass is 400 g/mol. The van der Waals surface area contributed by atoms with Crippen molar-refractivity contribution < 1.29 is 9.84 Å². The molecule has 0 aliphatic heterocycles. The largest absolute Gasteiger partial charge is 0.503 e. The minimum absolute atomic E-state index is 0.109. The molecule has 2 aromatic rings. The molecule has 0 saturated heterocycles. The van der Waals surface area contributed by atoms with Crippen LogP contribution in [0.3, 0.4) is 0 Å². The van der Waals surface area contributed by atoms with Crippen molar-refractivity contribution in [3.05, 3.63) is 44.6 Å². The Hall–Kier alpha value is -1.27. The number of methoxy groups -OCH3 is 1. The zero-order valence-electron chi connectivity index (χ0n) is 11.1. The van der Waals surface area contributed by atoms with Gasteiger partial charge in [0, 0.05) is 6.54 Å². The molecule has 1 heterocycles. The Morgan fingerprint density at radius 2 is 2.05 bits per heavy atom. The predicted octanol–water partition coefficient (Wildman–Crippen LogP) is 4.24. The van der Waals surface area contributed by atoms with E-state index >= 15 is 0 Å². The van der Waals surface area contributed by atoms with Gasteiger partial charge >= 0.3 is 0 Å². The first kappa shape index (κ1) is 15.1. The number of aromatic nitrogens is 1. The molecule has 2 N–H and O–H groups in total. The van der Waals surface area contributed by atoms with Crippen LogP contribution in [0.5, 0.6) is 11.5 Å². The fourth-order valence-corrected chi connectivity index (χ4v) is 2.45. The Morgan fingerprint density at radius 3 is 2.70 bits per heavy atom. The maximum absolute atomic E-state index is 9.77. The quantitative estimate of drug-likeness (QED) is 0.752. The highest BCUT2D eigenvalue weighted by molar-refractivity contribution is 9.10. The lowest BCUT2D eigenvalue weighted by Gasteiger charge is -2.11. The van der Waals surface area contributed by atoms with Crippen molar-refractivity contribution in [2.75, 3.05) is 12.4 Å². The molecule has 1 aromatic carbocycles. The van der Waals surface area contributed by atoms with Crippen LogP contribution in [0.2, 0.25) is 0 Å². The lowest BCUT2D eigenvalue weighted by Crippen LogP contribution is -2.01. The Kier molecular flexibility index (Phi) is 4.88. The number of halogens is 2. The molecule has 0 aliphatic carbocycles. The van der Waals surface area contributed by atoms with Crippen LogP contribution in [0, 0.1) is 6.92 Å². The summed E-state index contributed by atoms with van der Waals surface area (Å²) in [5.41, 5.74) is 3.00. The predicted molar refractivity (Wildman–Crippen MR) is 86.4 cm³/mol. The number of aromatic hydroxyl groups is 1. The summed E-state index contributed by atoms with van der Waals surface area (Å²) in [4.78, 5) is 4.24. The lowest BCUT2D eigenvalue weighted by molar-refractivity contribution is 0.371. The van der Waals surface area contributed by atoms with Crippen molar-refractivity contribution in [1.82, 2.24) is 4.98 Å². The van der Waals surface area contributed by atoms with Crippen molar-refractivity contribution >= 4 is 37.5 Å². The number of hydrogen-bond donors (Lipinski definition) is 2. The van der Waals surface area contributed by atoms with Gasteiger partial charge in [0.2, 0.25) is 0 Å². The average Bonchev–Trinajstić information content (AvgIpc) is 2.43. The summed E-state index contributed by atoms with van der Waals surface area (Å²) in [7, 11) is 1.53. The second kappa shape index (κ2) is 6.45. The SMILES string of the molecule is COc1cc(CNc2cnc(Br)c(C)c2)cc(Br)c1O. The molecule has 0 saturated carbocycles. The maximum atomic E-state index is 9.77. The summed E-state index contributed by atoms with van der Waals surface area (Å²) >= 11 is 6.68. The summed E-state index contributed by atoms with van der Waals surface area (Å²) in [6, 6.07) is 5.67. The number of hydrogen-bond acceptors (Lipinski definition) is 4. The smallest absolute Gasteiger partial charge is 0.172 e. The molecule has 0 radical (unpaired) electrons. The topological polar surface area (TPSA) is 54.4 Å². The molecule has 2 rings (SSSR count). The van der Waals surface area contributed by atoms with Gasteiger partial charge in [0.25, 0.3) is 0 Å². The van der Waals surface area contributed by atoms with Gasteiger partial charge in [-0.05, 0) is 68.1 Å². The van der Waals surface area contributed by atoms with Crippen LogP contribution in [0.4, 0.5) is 5.69 Å². The number of rotatable bonds is 4. The van der Waals surface area contributed by atoms with Crippen LogP contribution in [-0.2, 0) is 6.54 Å². The van der Waals surface area contributed by atoms with Gasteiger partial charge in [0.15, 0.2) is 11.5 Å². The van der Waals surface area contributed by atoms with E-state index in [-0.39, 0.29) is 5.75 Å². The summed E-state index contributed by atoms with van der Waals surface area (Å²) in [6.45, 7) is 2.60. The number of nitrogens with zero attached hydrogens (tertiary/aromatic N) is 1. The van der Waals surface area contributed by atoms with Crippen molar-refractivity contribution in [3.8, 4) is 11.5 Å². The second-order valence-corrected chi connectivity index (χ2v) is 5.92. The molecule has 0 spiro atoms. The number of anilines is 1. The number of nitrogens with one attached hydrogen (secondary N) is 1. The van der Waals surface area contributed by atoms with Crippen LogP contribution in [0.1, 0.15) is 11.1 Å². The highest BCUT2D eigenvalue weighted by Gasteiger charge is 2.08. The zero-order valence-corrected chi connectivity index (χ0v) is 14.2. The summed E-state index contributed by atoms with van der Waals surface area (Å²) < 4.78 is 6.58. The molecule has 4 nitrogen and oxygen atoms in total. The molecule has 0 amide bonds. The molecular formula is C14H14Br2N2O2. The minimum Gasteiger partial charge on any atom is -0.503 e.